The van der Waals surface area contributed by atoms with Crippen LogP contribution in [0.1, 0.15) is 18.4 Å². The van der Waals surface area contributed by atoms with Crippen LogP contribution in [0.4, 0.5) is 0 Å². The van der Waals surface area contributed by atoms with Gasteiger partial charge in [-0.2, -0.15) is 0 Å². The van der Waals surface area contributed by atoms with E-state index in [4.69, 9.17) is 4.74 Å². The zero-order valence-electron chi connectivity index (χ0n) is 6.88. The van der Waals surface area contributed by atoms with E-state index < -0.39 is 0 Å². The molecule has 0 bridgehead atoms. The Labute approximate surface area is 85.5 Å². The van der Waals surface area contributed by atoms with Crippen LogP contribution in [0.25, 0.3) is 0 Å². The fourth-order valence-electron chi connectivity index (χ4n) is 0.974. The summed E-state index contributed by atoms with van der Waals surface area (Å²) in [5, 5.41) is 0. The van der Waals surface area contributed by atoms with Gasteiger partial charge in [-0.15, -0.1) is 0 Å². The van der Waals surface area contributed by atoms with Gasteiger partial charge in [0.05, 0.1) is 6.10 Å². The van der Waals surface area contributed by atoms with Gasteiger partial charge in [0.15, 0.2) is 5.75 Å². The molecule has 0 radical (unpaired) electrons. The number of pyridine rings is 1. The lowest BCUT2D eigenvalue weighted by Gasteiger charge is -2.06. The predicted molar refractivity (Wildman–Crippen MR) is 55.3 cm³/mol. The normalized spacial score (nSPS) is 16.2. The van der Waals surface area contributed by atoms with Gasteiger partial charge in [0.2, 0.25) is 0 Å². The van der Waals surface area contributed by atoms with Crippen molar-refractivity contribution in [2.24, 2.45) is 0 Å². The van der Waals surface area contributed by atoms with Gasteiger partial charge >= 0.3 is 0 Å². The Balaban J connectivity index is 2.21. The van der Waals surface area contributed by atoms with Crippen molar-refractivity contribution in [3.63, 3.8) is 0 Å². The molecule has 0 saturated heterocycles. The lowest BCUT2D eigenvalue weighted by molar-refractivity contribution is 0.299. The molecule has 0 unspecified atom stereocenters. The summed E-state index contributed by atoms with van der Waals surface area (Å²) in [6.45, 7) is 2.03. The second-order valence-corrected chi connectivity index (χ2v) is 4.14. The number of rotatable bonds is 2. The maximum atomic E-state index is 5.67. The number of aryl methyl sites for hydroxylation is 1. The average molecular weight is 275 g/mol. The molecule has 1 heterocycles. The zero-order chi connectivity index (χ0) is 8.55. The van der Waals surface area contributed by atoms with Crippen LogP contribution >= 0.6 is 22.6 Å². The molecule has 1 aliphatic rings. The van der Waals surface area contributed by atoms with Crippen LogP contribution in [-0.2, 0) is 0 Å². The Kier molecular flexibility index (Phi) is 2.21. The summed E-state index contributed by atoms with van der Waals surface area (Å²) < 4.78 is 6.63. The summed E-state index contributed by atoms with van der Waals surface area (Å²) in [6, 6.07) is 2.05. The largest absolute Gasteiger partial charge is 0.488 e. The van der Waals surface area contributed by atoms with Gasteiger partial charge in [0.25, 0.3) is 0 Å². The fraction of sp³-hybridized carbons (Fsp3) is 0.444. The Morgan fingerprint density at radius 2 is 2.33 bits per heavy atom. The summed E-state index contributed by atoms with van der Waals surface area (Å²) in [5.74, 6) is 0.943. The summed E-state index contributed by atoms with van der Waals surface area (Å²) >= 11 is 2.20. The van der Waals surface area contributed by atoms with E-state index in [9.17, 15) is 0 Å². The lowest BCUT2D eigenvalue weighted by atomic mass is 10.3. The van der Waals surface area contributed by atoms with Gasteiger partial charge in [-0.3, -0.25) is 0 Å². The minimum absolute atomic E-state index is 0.460. The SMILES string of the molecule is Cc1cnc(I)c(OC2CC2)c1. The highest BCUT2D eigenvalue weighted by molar-refractivity contribution is 14.1. The molecule has 2 nitrogen and oxygen atoms in total. The van der Waals surface area contributed by atoms with Crippen LogP contribution in [0, 0.1) is 10.6 Å². The Bertz CT molecular complexity index is 297. The highest BCUT2D eigenvalue weighted by atomic mass is 127. The van der Waals surface area contributed by atoms with Crippen LogP contribution in [0.2, 0.25) is 0 Å². The summed E-state index contributed by atoms with van der Waals surface area (Å²) in [4.78, 5) is 4.22. The quantitative estimate of drug-likeness (QED) is 0.611. The molecule has 1 saturated carbocycles. The first-order chi connectivity index (χ1) is 5.75. The van der Waals surface area contributed by atoms with Crippen LogP contribution in [-0.4, -0.2) is 11.1 Å². The molecule has 64 valence electrons. The molecule has 1 fully saturated rings. The third-order valence-corrected chi connectivity index (χ3v) is 2.57. The minimum Gasteiger partial charge on any atom is -0.488 e. The smallest absolute Gasteiger partial charge is 0.151 e. The number of hydrogen-bond acceptors (Lipinski definition) is 2. The monoisotopic (exact) mass is 275 g/mol. The zero-order valence-corrected chi connectivity index (χ0v) is 9.04. The van der Waals surface area contributed by atoms with Gasteiger partial charge in [0, 0.05) is 6.20 Å². The molecule has 1 aromatic rings. The standard InChI is InChI=1S/C9H10INO/c1-6-4-8(9(10)11-5-6)12-7-2-3-7/h4-5,7H,2-3H2,1H3. The molecular weight excluding hydrogens is 265 g/mol. The first-order valence-corrected chi connectivity index (χ1v) is 5.12. The highest BCUT2D eigenvalue weighted by Gasteiger charge is 2.24. The van der Waals surface area contributed by atoms with Gasteiger partial charge in [-0.25, -0.2) is 4.98 Å². The van der Waals surface area contributed by atoms with E-state index in [-0.39, 0.29) is 0 Å². The van der Waals surface area contributed by atoms with Crippen molar-refractivity contribution < 1.29 is 4.74 Å². The van der Waals surface area contributed by atoms with Crippen molar-refractivity contribution in [1.29, 1.82) is 0 Å². The molecule has 0 N–H and O–H groups in total. The first kappa shape index (κ1) is 8.29. The molecule has 3 heteroatoms. The van der Waals surface area contributed by atoms with Crippen molar-refractivity contribution in [3.05, 3.63) is 21.5 Å². The third-order valence-electron chi connectivity index (χ3n) is 1.76. The van der Waals surface area contributed by atoms with Gasteiger partial charge in [-0.1, -0.05) is 0 Å². The number of halogens is 1. The van der Waals surface area contributed by atoms with Gasteiger partial charge in [-0.05, 0) is 54.0 Å². The third kappa shape index (κ3) is 1.88. The minimum atomic E-state index is 0.460. The first-order valence-electron chi connectivity index (χ1n) is 4.04. The average Bonchev–Trinajstić information content (AvgIpc) is 2.81. The van der Waals surface area contributed by atoms with Crippen molar-refractivity contribution in [1.82, 2.24) is 4.98 Å². The molecular formula is C9H10INO. The number of hydrogen-bond donors (Lipinski definition) is 0. The Morgan fingerprint density at radius 3 is 3.00 bits per heavy atom. The topological polar surface area (TPSA) is 22.1 Å². The molecule has 0 amide bonds. The van der Waals surface area contributed by atoms with Gasteiger partial charge < -0.3 is 4.74 Å². The summed E-state index contributed by atoms with van der Waals surface area (Å²) in [6.07, 6.45) is 4.72. The van der Waals surface area contributed by atoms with Gasteiger partial charge in [0.1, 0.15) is 3.70 Å². The number of ether oxygens (including phenoxy) is 1. The number of aromatic nitrogens is 1. The fourth-order valence-corrected chi connectivity index (χ4v) is 1.40. The van der Waals surface area contributed by atoms with E-state index >= 15 is 0 Å². The molecule has 2 rings (SSSR count). The van der Waals surface area contributed by atoms with E-state index in [1.807, 2.05) is 19.2 Å². The molecule has 0 atom stereocenters. The second kappa shape index (κ2) is 3.20. The Morgan fingerprint density at radius 1 is 1.58 bits per heavy atom. The molecule has 0 aromatic carbocycles. The summed E-state index contributed by atoms with van der Waals surface area (Å²) in [7, 11) is 0. The van der Waals surface area contributed by atoms with E-state index in [0.717, 1.165) is 15.0 Å². The van der Waals surface area contributed by atoms with E-state index in [0.29, 0.717) is 6.10 Å². The predicted octanol–water partition coefficient (Wildman–Crippen LogP) is 2.54. The summed E-state index contributed by atoms with van der Waals surface area (Å²) in [5.41, 5.74) is 1.16. The molecule has 1 aromatic heterocycles. The van der Waals surface area contributed by atoms with Crippen molar-refractivity contribution in [3.8, 4) is 5.75 Å². The molecule has 12 heavy (non-hydrogen) atoms. The van der Waals surface area contributed by atoms with Crippen LogP contribution in [0.5, 0.6) is 5.75 Å². The lowest BCUT2D eigenvalue weighted by Crippen LogP contribution is -1.99. The van der Waals surface area contributed by atoms with E-state index in [2.05, 4.69) is 27.6 Å². The van der Waals surface area contributed by atoms with Crippen molar-refractivity contribution >= 4 is 22.6 Å². The molecule has 1 aliphatic carbocycles. The number of nitrogens with zero attached hydrogens (tertiary/aromatic N) is 1. The van der Waals surface area contributed by atoms with Crippen LogP contribution < -0.4 is 4.74 Å². The highest BCUT2D eigenvalue weighted by Crippen LogP contribution is 2.29. The van der Waals surface area contributed by atoms with Crippen LogP contribution in [0.3, 0.4) is 0 Å². The van der Waals surface area contributed by atoms with Crippen LogP contribution in [0.15, 0.2) is 12.3 Å². The maximum absolute atomic E-state index is 5.67. The van der Waals surface area contributed by atoms with E-state index in [1.165, 1.54) is 12.8 Å². The van der Waals surface area contributed by atoms with Crippen molar-refractivity contribution in [2.75, 3.05) is 0 Å². The molecule has 0 aliphatic heterocycles. The van der Waals surface area contributed by atoms with Crippen molar-refractivity contribution in [2.45, 2.75) is 25.9 Å². The maximum Gasteiger partial charge on any atom is 0.151 e. The molecule has 0 spiro atoms. The van der Waals surface area contributed by atoms with E-state index in [1.54, 1.807) is 0 Å². The Hall–Kier alpha value is -0.320. The second-order valence-electron chi connectivity index (χ2n) is 3.12.